The molecule has 1 aliphatic heterocycles. The number of hydrogen-bond acceptors (Lipinski definition) is 4. The van der Waals surface area contributed by atoms with Crippen molar-refractivity contribution in [3.05, 3.63) is 86.6 Å². The Hall–Kier alpha value is -2.84. The third-order valence-corrected chi connectivity index (χ3v) is 4.31. The van der Waals surface area contributed by atoms with Crippen molar-refractivity contribution in [2.24, 2.45) is 0 Å². The van der Waals surface area contributed by atoms with Gasteiger partial charge in [-0.05, 0) is 48.4 Å². The molecule has 0 spiro atoms. The van der Waals surface area contributed by atoms with Gasteiger partial charge in [0.25, 0.3) is 5.69 Å². The van der Waals surface area contributed by atoms with E-state index in [1.54, 1.807) is 49.4 Å². The lowest BCUT2D eigenvalue weighted by Gasteiger charge is -2.27. The second-order valence-electron chi connectivity index (χ2n) is 5.59. The van der Waals surface area contributed by atoms with Gasteiger partial charge in [-0.25, -0.2) is 0 Å². The van der Waals surface area contributed by atoms with Crippen molar-refractivity contribution in [2.75, 3.05) is 0 Å². The maximum atomic E-state index is 10.8. The van der Waals surface area contributed by atoms with Crippen molar-refractivity contribution in [1.82, 2.24) is 0 Å². The minimum absolute atomic E-state index is 0.00419. The van der Waals surface area contributed by atoms with Crippen LogP contribution in [0.25, 0.3) is 0 Å². The summed E-state index contributed by atoms with van der Waals surface area (Å²) in [5.41, 5.74) is 0.445. The first-order valence-electron chi connectivity index (χ1n) is 7.24. The van der Waals surface area contributed by atoms with Crippen LogP contribution in [-0.4, -0.2) is 4.92 Å². The number of benzene rings is 2. The maximum absolute atomic E-state index is 10.8. The van der Waals surface area contributed by atoms with E-state index in [0.29, 0.717) is 16.3 Å². The van der Waals surface area contributed by atoms with Gasteiger partial charge in [0.2, 0.25) is 0 Å². The Labute approximate surface area is 143 Å². The fraction of sp³-hybridized carbons (Fsp3) is 0.167. The molecular weight excluding hydrogens is 328 g/mol. The number of non-ortho nitro benzene ring substituents is 1. The lowest BCUT2D eigenvalue weighted by Crippen LogP contribution is -2.27. The first-order chi connectivity index (χ1) is 11.5. The number of nitrogens with zero attached hydrogens (tertiary/aromatic N) is 2. The van der Waals surface area contributed by atoms with Gasteiger partial charge in [0.05, 0.1) is 16.8 Å². The quantitative estimate of drug-likeness (QED) is 0.600. The highest BCUT2D eigenvalue weighted by atomic mass is 35.5. The molecule has 2 aromatic carbocycles. The SMILES string of the molecule is CC1=C[C@](C#N)(c2ccc(Cl)cc2)[C@H](c2ccc([N+](=O)[O-])cc2)O1. The molecule has 0 aliphatic carbocycles. The summed E-state index contributed by atoms with van der Waals surface area (Å²) in [4.78, 5) is 10.4. The first-order valence-corrected chi connectivity index (χ1v) is 7.62. The van der Waals surface area contributed by atoms with Crippen LogP contribution in [0, 0.1) is 21.4 Å². The molecule has 6 heteroatoms. The fourth-order valence-electron chi connectivity index (χ4n) is 2.93. The Balaban J connectivity index is 2.08. The molecule has 0 amide bonds. The van der Waals surface area contributed by atoms with E-state index in [0.717, 1.165) is 5.56 Å². The Morgan fingerprint density at radius 3 is 2.38 bits per heavy atom. The van der Waals surface area contributed by atoms with Gasteiger partial charge in [-0.2, -0.15) is 5.26 Å². The average Bonchev–Trinajstić information content (AvgIpc) is 2.93. The minimum Gasteiger partial charge on any atom is -0.488 e. The van der Waals surface area contributed by atoms with Crippen LogP contribution >= 0.6 is 11.6 Å². The standard InChI is InChI=1S/C18H13ClN2O3/c1-12-10-18(11-20,14-4-6-15(19)7-5-14)17(24-12)13-2-8-16(9-3-13)21(22)23/h2-10,17H,1H3/t17-,18-/m0/s1. The van der Waals surface area contributed by atoms with Crippen LogP contribution in [0.5, 0.6) is 0 Å². The monoisotopic (exact) mass is 340 g/mol. The van der Waals surface area contributed by atoms with Gasteiger partial charge in [0.1, 0.15) is 11.5 Å². The second kappa shape index (κ2) is 5.99. The van der Waals surface area contributed by atoms with E-state index in [1.165, 1.54) is 12.1 Å². The number of rotatable bonds is 3. The van der Waals surface area contributed by atoms with Crippen LogP contribution < -0.4 is 0 Å². The van der Waals surface area contributed by atoms with Crippen molar-refractivity contribution < 1.29 is 9.66 Å². The van der Waals surface area contributed by atoms with Gasteiger partial charge in [-0.3, -0.25) is 10.1 Å². The molecule has 1 aliphatic rings. The highest BCUT2D eigenvalue weighted by molar-refractivity contribution is 6.30. The van der Waals surface area contributed by atoms with Crippen molar-refractivity contribution in [3.63, 3.8) is 0 Å². The van der Waals surface area contributed by atoms with Crippen molar-refractivity contribution in [3.8, 4) is 6.07 Å². The molecule has 0 radical (unpaired) electrons. The third kappa shape index (κ3) is 2.61. The van der Waals surface area contributed by atoms with Gasteiger partial charge in [0, 0.05) is 17.2 Å². The zero-order chi connectivity index (χ0) is 17.3. The molecule has 1 heterocycles. The van der Waals surface area contributed by atoms with E-state index in [9.17, 15) is 15.4 Å². The van der Waals surface area contributed by atoms with Gasteiger partial charge in [0.15, 0.2) is 0 Å². The van der Waals surface area contributed by atoms with Gasteiger partial charge < -0.3 is 4.74 Å². The molecule has 0 fully saturated rings. The predicted octanol–water partition coefficient (Wildman–Crippen LogP) is 4.68. The van der Waals surface area contributed by atoms with E-state index in [4.69, 9.17) is 16.3 Å². The zero-order valence-corrected chi connectivity index (χ0v) is 13.5. The molecular formula is C18H13ClN2O3. The van der Waals surface area contributed by atoms with Crippen LogP contribution in [0.1, 0.15) is 24.2 Å². The summed E-state index contributed by atoms with van der Waals surface area (Å²) < 4.78 is 5.87. The Kier molecular flexibility index (Phi) is 4.00. The number of allylic oxidation sites excluding steroid dienone is 1. The molecule has 0 saturated heterocycles. The molecule has 24 heavy (non-hydrogen) atoms. The highest BCUT2D eigenvalue weighted by Crippen LogP contribution is 2.47. The lowest BCUT2D eigenvalue weighted by molar-refractivity contribution is -0.384. The summed E-state index contributed by atoms with van der Waals surface area (Å²) in [5.74, 6) is 0.634. The zero-order valence-electron chi connectivity index (χ0n) is 12.8. The molecule has 120 valence electrons. The van der Waals surface area contributed by atoms with E-state index < -0.39 is 16.4 Å². The summed E-state index contributed by atoms with van der Waals surface area (Å²) >= 11 is 5.94. The summed E-state index contributed by atoms with van der Waals surface area (Å²) in [5, 5.41) is 21.3. The van der Waals surface area contributed by atoms with Gasteiger partial charge >= 0.3 is 0 Å². The fourth-order valence-corrected chi connectivity index (χ4v) is 3.05. The third-order valence-electron chi connectivity index (χ3n) is 4.06. The highest BCUT2D eigenvalue weighted by Gasteiger charge is 2.46. The Bertz CT molecular complexity index is 853. The van der Waals surface area contributed by atoms with Gasteiger partial charge in [-0.15, -0.1) is 0 Å². The molecule has 0 N–H and O–H groups in total. The summed E-state index contributed by atoms with van der Waals surface area (Å²) in [6, 6.07) is 15.5. The molecule has 5 nitrogen and oxygen atoms in total. The van der Waals surface area contributed by atoms with Crippen LogP contribution in [0.15, 0.2) is 60.4 Å². The number of halogens is 1. The molecule has 0 aromatic heterocycles. The molecule has 0 bridgehead atoms. The Morgan fingerprint density at radius 1 is 1.21 bits per heavy atom. The largest absolute Gasteiger partial charge is 0.488 e. The van der Waals surface area contributed by atoms with Crippen LogP contribution in [0.2, 0.25) is 5.02 Å². The predicted molar refractivity (Wildman–Crippen MR) is 89.4 cm³/mol. The number of nitriles is 1. The first kappa shape index (κ1) is 16.0. The molecule has 0 saturated carbocycles. The second-order valence-corrected chi connectivity index (χ2v) is 6.03. The van der Waals surface area contributed by atoms with Crippen LogP contribution in [-0.2, 0) is 10.2 Å². The van der Waals surface area contributed by atoms with E-state index in [2.05, 4.69) is 6.07 Å². The van der Waals surface area contributed by atoms with Gasteiger partial charge in [-0.1, -0.05) is 23.7 Å². The average molecular weight is 341 g/mol. The smallest absolute Gasteiger partial charge is 0.269 e. The number of hydrogen-bond donors (Lipinski definition) is 0. The molecule has 0 unspecified atom stereocenters. The summed E-state index contributed by atoms with van der Waals surface area (Å²) in [6.45, 7) is 1.79. The van der Waals surface area contributed by atoms with Crippen LogP contribution in [0.4, 0.5) is 5.69 Å². The Morgan fingerprint density at radius 2 is 1.83 bits per heavy atom. The number of ether oxygens (including phenoxy) is 1. The maximum Gasteiger partial charge on any atom is 0.269 e. The number of nitro benzene ring substituents is 1. The number of nitro groups is 1. The van der Waals surface area contributed by atoms with Crippen LogP contribution in [0.3, 0.4) is 0 Å². The molecule has 2 aromatic rings. The van der Waals surface area contributed by atoms with Crippen molar-refractivity contribution >= 4 is 17.3 Å². The minimum atomic E-state index is -1.01. The van der Waals surface area contributed by atoms with Crippen molar-refractivity contribution in [2.45, 2.75) is 18.4 Å². The van der Waals surface area contributed by atoms with E-state index in [1.807, 2.05) is 0 Å². The lowest BCUT2D eigenvalue weighted by atomic mass is 9.75. The topological polar surface area (TPSA) is 76.2 Å². The molecule has 2 atom stereocenters. The normalized spacial score (nSPS) is 22.4. The molecule has 3 rings (SSSR count). The van der Waals surface area contributed by atoms with E-state index in [-0.39, 0.29) is 5.69 Å². The summed E-state index contributed by atoms with van der Waals surface area (Å²) in [7, 11) is 0. The van der Waals surface area contributed by atoms with Crippen molar-refractivity contribution in [1.29, 1.82) is 5.26 Å². The van der Waals surface area contributed by atoms with E-state index >= 15 is 0 Å². The summed E-state index contributed by atoms with van der Waals surface area (Å²) in [6.07, 6.45) is 1.20.